The van der Waals surface area contributed by atoms with Crippen molar-refractivity contribution < 1.29 is 92.7 Å². The number of phenolic OH excluding ortho intramolecular Hbond substituents is 2. The Labute approximate surface area is 373 Å². The Hall–Kier alpha value is -7.53. The number of hydrogen-bond acceptors (Lipinski definition) is 20. The average Bonchev–Trinajstić information content (AvgIpc) is 3.70. The Morgan fingerprint density at radius 3 is 1.98 bits per heavy atom. The van der Waals surface area contributed by atoms with Crippen LogP contribution in [0, 0.1) is 5.92 Å². The highest BCUT2D eigenvalue weighted by Gasteiger charge is 2.68. The van der Waals surface area contributed by atoms with Crippen LogP contribution in [0.3, 0.4) is 0 Å². The van der Waals surface area contributed by atoms with Crippen molar-refractivity contribution in [3.05, 3.63) is 70.9 Å². The molecule has 6 rings (SSSR count). The summed E-state index contributed by atoms with van der Waals surface area (Å²) in [5.74, 6) is -18.0. The molecule has 7 atom stereocenters. The number of thioether (sulfide) groups is 1. The minimum absolute atomic E-state index is 0.0281. The molecule has 66 heavy (non-hydrogen) atoms. The number of aliphatic carboxylic acids is 4. The molecule has 0 radical (unpaired) electrons. The Morgan fingerprint density at radius 2 is 1.48 bits per heavy atom. The van der Waals surface area contributed by atoms with E-state index in [-0.39, 0.29) is 28.4 Å². The van der Waals surface area contributed by atoms with Crippen molar-refractivity contribution in [2.45, 2.75) is 40.9 Å². The largest absolute Gasteiger partial charge is 0.508 e. The third-order valence-corrected chi connectivity index (χ3v) is 11.6. The lowest BCUT2D eigenvalue weighted by molar-refractivity contribution is -0.259. The first-order valence-electron chi connectivity index (χ1n) is 18.9. The van der Waals surface area contributed by atoms with E-state index in [1.54, 1.807) is 0 Å². The SMILES string of the molecule is CO[C@@](NC(=O)C(C(=O)O)c1ccc(O)cc1)(C(=O)OCC1=C(C(=O)O)N2C(=O)[C@](NC(=O)C(C(=O)O)c3ccc(O)cc3)(OC)C2OC1)C1N=C(C(=O)O)C(CSc2nnnn2C)CO1. The number of ether oxygens (including phenoxy) is 5. The van der Waals surface area contributed by atoms with E-state index >= 15 is 0 Å². The number of aryl methyl sites for hydroxylation is 1. The van der Waals surface area contributed by atoms with Crippen molar-refractivity contribution >= 4 is 65.0 Å². The van der Waals surface area contributed by atoms with Crippen LogP contribution in [0.1, 0.15) is 23.0 Å². The van der Waals surface area contributed by atoms with E-state index in [1.165, 1.54) is 11.7 Å². The van der Waals surface area contributed by atoms with Crippen LogP contribution >= 0.6 is 11.8 Å². The van der Waals surface area contributed by atoms with Gasteiger partial charge in [-0.15, -0.1) is 5.10 Å². The molecule has 0 spiro atoms. The number of phenols is 2. The molecule has 3 aliphatic rings. The number of carboxylic acid groups (broad SMARTS) is 4. The second-order valence-corrected chi connectivity index (χ2v) is 15.3. The van der Waals surface area contributed by atoms with Crippen molar-refractivity contribution in [3.8, 4) is 11.5 Å². The van der Waals surface area contributed by atoms with Crippen LogP contribution in [-0.4, -0.2) is 173 Å². The summed E-state index contributed by atoms with van der Waals surface area (Å²) in [6.07, 6.45) is -3.87. The summed E-state index contributed by atoms with van der Waals surface area (Å²) in [6.45, 7) is -2.33. The number of aromatic hydroxyl groups is 2. The van der Waals surface area contributed by atoms with Gasteiger partial charge in [-0.25, -0.2) is 24.1 Å². The Bertz CT molecular complexity index is 2520. The molecule has 5 unspecified atom stereocenters. The zero-order valence-corrected chi connectivity index (χ0v) is 35.2. The van der Waals surface area contributed by atoms with E-state index in [0.29, 0.717) is 10.1 Å². The highest BCUT2D eigenvalue weighted by atomic mass is 32.2. The Balaban J connectivity index is 1.30. The number of nitrogens with zero attached hydrogens (tertiary/aromatic N) is 6. The number of β-lactam (4-membered cyclic amide) rings is 1. The van der Waals surface area contributed by atoms with Crippen LogP contribution in [-0.2, 0) is 69.1 Å². The molecule has 1 fully saturated rings. The molecule has 1 aromatic heterocycles. The second-order valence-electron chi connectivity index (χ2n) is 14.4. The lowest BCUT2D eigenvalue weighted by atomic mass is 9.92. The molecule has 3 aliphatic heterocycles. The van der Waals surface area contributed by atoms with Gasteiger partial charge in [0.15, 0.2) is 18.1 Å². The molecule has 1 saturated heterocycles. The molecule has 350 valence electrons. The number of hydrogen-bond donors (Lipinski definition) is 8. The molecule has 4 heterocycles. The van der Waals surface area contributed by atoms with Gasteiger partial charge >= 0.3 is 29.8 Å². The molecule has 0 saturated carbocycles. The first-order valence-corrected chi connectivity index (χ1v) is 19.9. The summed E-state index contributed by atoms with van der Waals surface area (Å²) in [6, 6.07) is 8.92. The van der Waals surface area contributed by atoms with Gasteiger partial charge in [0, 0.05) is 38.5 Å². The number of nitrogens with one attached hydrogen (secondary N) is 2. The number of benzene rings is 2. The molecule has 27 nitrogen and oxygen atoms in total. The van der Waals surface area contributed by atoms with Gasteiger partial charge in [-0.05, 0) is 45.8 Å². The number of methoxy groups -OCH3 is 2. The molecule has 28 heteroatoms. The van der Waals surface area contributed by atoms with Gasteiger partial charge < -0.3 is 65.0 Å². The van der Waals surface area contributed by atoms with E-state index in [0.717, 1.165) is 74.5 Å². The highest BCUT2D eigenvalue weighted by molar-refractivity contribution is 7.99. The first kappa shape index (κ1) is 47.9. The number of fused-ring (bicyclic) bond motifs is 1. The number of esters is 1. The second kappa shape index (κ2) is 19.3. The van der Waals surface area contributed by atoms with E-state index in [4.69, 9.17) is 23.7 Å². The van der Waals surface area contributed by atoms with Gasteiger partial charge in [0.2, 0.25) is 23.2 Å². The van der Waals surface area contributed by atoms with Crippen molar-refractivity contribution in [3.63, 3.8) is 0 Å². The predicted octanol–water partition coefficient (Wildman–Crippen LogP) is -2.05. The lowest BCUT2D eigenvalue weighted by Gasteiger charge is -2.55. The normalized spacial score (nSPS) is 22.0. The summed E-state index contributed by atoms with van der Waals surface area (Å²) < 4.78 is 29.1. The highest BCUT2D eigenvalue weighted by Crippen LogP contribution is 2.41. The number of aliphatic imine (C=N–C) groups is 1. The number of amides is 3. The Morgan fingerprint density at radius 1 is 0.894 bits per heavy atom. The first-order chi connectivity index (χ1) is 31.3. The number of rotatable bonds is 19. The van der Waals surface area contributed by atoms with Crippen LogP contribution in [0.15, 0.2) is 69.9 Å². The van der Waals surface area contributed by atoms with Gasteiger partial charge in [0.25, 0.3) is 17.4 Å². The van der Waals surface area contributed by atoms with Gasteiger partial charge in [0.05, 0.1) is 13.2 Å². The summed E-state index contributed by atoms with van der Waals surface area (Å²) >= 11 is 1.03. The fourth-order valence-electron chi connectivity index (χ4n) is 7.06. The van der Waals surface area contributed by atoms with Crippen LogP contribution in [0.2, 0.25) is 0 Å². The number of tetrazole rings is 1. The molecular formula is C38H38N8O19S. The van der Waals surface area contributed by atoms with Crippen molar-refractivity contribution in [1.82, 2.24) is 35.7 Å². The summed E-state index contributed by atoms with van der Waals surface area (Å²) in [7, 11) is 3.33. The quantitative estimate of drug-likeness (QED) is 0.0211. The smallest absolute Gasteiger partial charge is 0.365 e. The monoisotopic (exact) mass is 942 g/mol. The summed E-state index contributed by atoms with van der Waals surface area (Å²) in [5.41, 5.74) is -7.67. The average molecular weight is 943 g/mol. The lowest BCUT2D eigenvalue weighted by Crippen LogP contribution is -2.82. The third kappa shape index (κ3) is 9.06. The molecular weight excluding hydrogens is 905 g/mol. The van der Waals surface area contributed by atoms with Gasteiger partial charge in [0.1, 0.15) is 29.5 Å². The number of carbonyl (C=O) groups is 8. The molecule has 2 aromatic carbocycles. The van der Waals surface area contributed by atoms with Crippen molar-refractivity contribution in [2.24, 2.45) is 18.0 Å². The van der Waals surface area contributed by atoms with Gasteiger partial charge in [-0.1, -0.05) is 36.0 Å². The third-order valence-electron chi connectivity index (χ3n) is 10.4. The fraction of sp³-hybridized carbons (Fsp3) is 0.368. The standard InChI is InChI=1S/C38H38N8O19S/c1-45-36(42-43-44-45)66-15-19-14-63-32(39-24(19)30(55)56)37(61-2,40-26(49)22(28(51)52)16-4-8-20(47)9-5-16)35(60)65-13-18-12-64-34-38(62-3,33(59)46(34)25(18)31(57)58)41-27(50)23(29(53)54)17-6-10-21(48)11-7-17/h4-11,19,22-23,32,34,47-48H,12-15H2,1-3H3,(H,40,49)(H,41,50)(H,51,52)(H,53,54)(H,55,56)(H,57,58)/t19?,22?,23?,32?,34?,37-,38+/m1/s1. The van der Waals surface area contributed by atoms with Crippen LogP contribution in [0.25, 0.3) is 0 Å². The van der Waals surface area contributed by atoms with Gasteiger partial charge in [-0.3, -0.25) is 28.9 Å². The molecule has 3 aromatic rings. The van der Waals surface area contributed by atoms with E-state index in [1.807, 2.05) is 0 Å². The Kier molecular flexibility index (Phi) is 14.0. The number of carbonyl (C=O) groups excluding carboxylic acids is 4. The number of carboxylic acids is 4. The maximum absolute atomic E-state index is 14.4. The summed E-state index contributed by atoms with van der Waals surface area (Å²) in [5, 5.41) is 75.6. The number of aromatic nitrogens is 4. The summed E-state index contributed by atoms with van der Waals surface area (Å²) in [4.78, 5) is 110. The maximum Gasteiger partial charge on any atom is 0.365 e. The van der Waals surface area contributed by atoms with Gasteiger partial charge in [-0.2, -0.15) is 0 Å². The zero-order chi connectivity index (χ0) is 48.2. The fourth-order valence-corrected chi connectivity index (χ4v) is 7.98. The molecule has 8 N–H and O–H groups in total. The van der Waals surface area contributed by atoms with Crippen molar-refractivity contribution in [2.75, 3.05) is 39.8 Å². The molecule has 0 bridgehead atoms. The van der Waals surface area contributed by atoms with E-state index < -0.39 is 126 Å². The predicted molar refractivity (Wildman–Crippen MR) is 213 cm³/mol. The maximum atomic E-state index is 14.4. The topological polar surface area (TPSA) is 387 Å². The van der Waals surface area contributed by atoms with Crippen LogP contribution < -0.4 is 10.6 Å². The van der Waals surface area contributed by atoms with E-state index in [9.17, 15) is 69.0 Å². The molecule has 0 aliphatic carbocycles. The van der Waals surface area contributed by atoms with E-state index in [2.05, 4.69) is 31.2 Å². The minimum atomic E-state index is -3.03. The minimum Gasteiger partial charge on any atom is -0.508 e. The van der Waals surface area contributed by atoms with Crippen molar-refractivity contribution in [1.29, 1.82) is 0 Å². The zero-order valence-electron chi connectivity index (χ0n) is 34.4. The van der Waals surface area contributed by atoms with Crippen LogP contribution in [0.5, 0.6) is 11.5 Å². The van der Waals surface area contributed by atoms with Crippen LogP contribution in [0.4, 0.5) is 0 Å². The molecule has 3 amide bonds.